The molecule has 0 N–H and O–H groups in total. The van der Waals surface area contributed by atoms with Crippen LogP contribution in [-0.2, 0) is 6.42 Å². The summed E-state index contributed by atoms with van der Waals surface area (Å²) in [6.45, 7) is 6.61. The fourth-order valence-electron chi connectivity index (χ4n) is 2.68. The van der Waals surface area contributed by atoms with Crippen molar-refractivity contribution in [1.29, 1.82) is 0 Å². The maximum Gasteiger partial charge on any atom is -0.0179 e. The molecule has 0 atom stereocenters. The summed E-state index contributed by atoms with van der Waals surface area (Å²) in [5, 5.41) is 0. The van der Waals surface area contributed by atoms with Gasteiger partial charge in [0.1, 0.15) is 0 Å². The first kappa shape index (κ1) is 14.8. The highest BCUT2D eigenvalue weighted by molar-refractivity contribution is 5.65. The van der Waals surface area contributed by atoms with Gasteiger partial charge in [-0.05, 0) is 43.4 Å². The molecule has 0 heteroatoms. The highest BCUT2D eigenvalue weighted by Gasteiger charge is 2.02. The van der Waals surface area contributed by atoms with Crippen molar-refractivity contribution in [2.24, 2.45) is 0 Å². The largest absolute Gasteiger partial charge is 0.0654 e. The highest BCUT2D eigenvalue weighted by Crippen LogP contribution is 2.23. The van der Waals surface area contributed by atoms with Gasteiger partial charge >= 0.3 is 0 Å². The lowest BCUT2D eigenvalue weighted by Crippen LogP contribution is -1.89. The van der Waals surface area contributed by atoms with E-state index in [4.69, 9.17) is 0 Å². The van der Waals surface area contributed by atoms with E-state index in [1.807, 2.05) is 0 Å². The minimum Gasteiger partial charge on any atom is -0.0654 e. The first-order valence-electron chi connectivity index (χ1n) is 7.86. The van der Waals surface area contributed by atoms with Gasteiger partial charge < -0.3 is 0 Å². The summed E-state index contributed by atoms with van der Waals surface area (Å²) in [7, 11) is 0. The van der Waals surface area contributed by atoms with E-state index < -0.39 is 0 Å². The zero-order valence-electron chi connectivity index (χ0n) is 13.1. The fourth-order valence-corrected chi connectivity index (χ4v) is 2.68. The summed E-state index contributed by atoms with van der Waals surface area (Å²) < 4.78 is 0. The first-order valence-corrected chi connectivity index (χ1v) is 7.86. The van der Waals surface area contributed by atoms with Crippen molar-refractivity contribution in [1.82, 2.24) is 0 Å². The number of rotatable bonds is 6. The van der Waals surface area contributed by atoms with Crippen molar-refractivity contribution < 1.29 is 0 Å². The molecule has 0 amide bonds. The van der Waals surface area contributed by atoms with E-state index in [9.17, 15) is 0 Å². The molecule has 0 aliphatic rings. The van der Waals surface area contributed by atoms with Crippen LogP contribution in [-0.4, -0.2) is 0 Å². The Balaban J connectivity index is 2.13. The average Bonchev–Trinajstić information content (AvgIpc) is 2.44. The first-order chi connectivity index (χ1) is 9.69. The number of unbranched alkanes of at least 4 members (excludes halogenated alkanes) is 3. The normalized spacial score (nSPS) is 10.8. The number of hydrogen-bond donors (Lipinski definition) is 0. The second-order valence-electron chi connectivity index (χ2n) is 5.88. The van der Waals surface area contributed by atoms with Crippen LogP contribution in [0.1, 0.15) is 49.3 Å². The van der Waals surface area contributed by atoms with E-state index >= 15 is 0 Å². The van der Waals surface area contributed by atoms with Crippen LogP contribution in [0.4, 0.5) is 0 Å². The third-order valence-electron chi connectivity index (χ3n) is 3.84. The summed E-state index contributed by atoms with van der Waals surface area (Å²) in [5.41, 5.74) is 6.86. The second kappa shape index (κ2) is 7.28. The minimum absolute atomic E-state index is 1.21. The van der Waals surface area contributed by atoms with Crippen LogP contribution in [0.25, 0.3) is 11.1 Å². The third kappa shape index (κ3) is 4.23. The monoisotopic (exact) mass is 266 g/mol. The van der Waals surface area contributed by atoms with Crippen LogP contribution >= 0.6 is 0 Å². The van der Waals surface area contributed by atoms with Gasteiger partial charge in [0.15, 0.2) is 0 Å². The van der Waals surface area contributed by atoms with E-state index in [2.05, 4.69) is 63.2 Å². The van der Waals surface area contributed by atoms with Crippen molar-refractivity contribution in [2.75, 3.05) is 0 Å². The smallest absolute Gasteiger partial charge is 0.0179 e. The lowest BCUT2D eigenvalue weighted by atomic mass is 9.97. The van der Waals surface area contributed by atoms with Crippen molar-refractivity contribution >= 4 is 0 Å². The Kier molecular flexibility index (Phi) is 5.40. The molecule has 2 rings (SSSR count). The Hall–Kier alpha value is -1.56. The maximum absolute atomic E-state index is 2.36. The van der Waals surface area contributed by atoms with E-state index in [0.29, 0.717) is 0 Å². The van der Waals surface area contributed by atoms with E-state index in [0.717, 1.165) is 0 Å². The molecule has 2 aromatic rings. The van der Waals surface area contributed by atoms with E-state index in [1.54, 1.807) is 0 Å². The van der Waals surface area contributed by atoms with Gasteiger partial charge in [0.2, 0.25) is 0 Å². The predicted molar refractivity (Wildman–Crippen MR) is 89.2 cm³/mol. The molecule has 2 aromatic carbocycles. The number of benzene rings is 2. The fraction of sp³-hybridized carbons (Fsp3) is 0.400. The number of aryl methyl sites for hydroxylation is 3. The molecule has 0 aromatic heterocycles. The zero-order chi connectivity index (χ0) is 14.4. The summed E-state index contributed by atoms with van der Waals surface area (Å²) in [4.78, 5) is 0. The lowest BCUT2D eigenvalue weighted by Gasteiger charge is -2.08. The van der Waals surface area contributed by atoms with Crippen LogP contribution in [0.5, 0.6) is 0 Å². The van der Waals surface area contributed by atoms with Crippen LogP contribution in [0, 0.1) is 13.8 Å². The Labute approximate surface area is 123 Å². The van der Waals surface area contributed by atoms with Gasteiger partial charge in [0.05, 0.1) is 0 Å². The van der Waals surface area contributed by atoms with Gasteiger partial charge in [0.25, 0.3) is 0 Å². The van der Waals surface area contributed by atoms with Gasteiger partial charge in [-0.15, -0.1) is 0 Å². The van der Waals surface area contributed by atoms with E-state index in [1.165, 1.54) is 59.9 Å². The molecule has 0 saturated carbocycles. The Bertz CT molecular complexity index is 534. The quantitative estimate of drug-likeness (QED) is 0.555. The summed E-state index contributed by atoms with van der Waals surface area (Å²) in [6.07, 6.45) is 6.54. The standard InChI is InChI=1S/C20H26/c1-4-5-6-7-8-18-13-17(3)14-20(15-18)19-11-9-16(2)10-12-19/h9-15H,4-8H2,1-3H3. The zero-order valence-corrected chi connectivity index (χ0v) is 13.1. The molecule has 106 valence electrons. The molecule has 0 saturated heterocycles. The van der Waals surface area contributed by atoms with Gasteiger partial charge in [-0.1, -0.05) is 79.8 Å². The molecule has 0 spiro atoms. The average molecular weight is 266 g/mol. The van der Waals surface area contributed by atoms with Crippen molar-refractivity contribution in [2.45, 2.75) is 52.9 Å². The molecule has 0 bridgehead atoms. The molecule has 0 aliphatic heterocycles. The highest BCUT2D eigenvalue weighted by atomic mass is 14.1. The molecule has 0 nitrogen and oxygen atoms in total. The van der Waals surface area contributed by atoms with Crippen molar-refractivity contribution in [3.8, 4) is 11.1 Å². The van der Waals surface area contributed by atoms with Gasteiger partial charge in [-0.2, -0.15) is 0 Å². The Morgan fingerprint density at radius 1 is 0.700 bits per heavy atom. The van der Waals surface area contributed by atoms with Crippen LogP contribution in [0.3, 0.4) is 0 Å². The molecular weight excluding hydrogens is 240 g/mol. The van der Waals surface area contributed by atoms with E-state index in [-0.39, 0.29) is 0 Å². The van der Waals surface area contributed by atoms with Crippen molar-refractivity contribution in [3.63, 3.8) is 0 Å². The molecule has 0 radical (unpaired) electrons. The minimum atomic E-state index is 1.21. The third-order valence-corrected chi connectivity index (χ3v) is 3.84. The molecule has 0 aliphatic carbocycles. The second-order valence-corrected chi connectivity index (χ2v) is 5.88. The molecular formula is C20H26. The van der Waals surface area contributed by atoms with Gasteiger partial charge in [0, 0.05) is 0 Å². The predicted octanol–water partition coefficient (Wildman–Crippen LogP) is 6.09. The van der Waals surface area contributed by atoms with Crippen molar-refractivity contribution in [3.05, 3.63) is 59.2 Å². The van der Waals surface area contributed by atoms with Gasteiger partial charge in [-0.3, -0.25) is 0 Å². The van der Waals surface area contributed by atoms with Crippen LogP contribution < -0.4 is 0 Å². The maximum atomic E-state index is 2.36. The molecule has 0 unspecified atom stereocenters. The molecule has 20 heavy (non-hydrogen) atoms. The van der Waals surface area contributed by atoms with Crippen LogP contribution in [0.2, 0.25) is 0 Å². The van der Waals surface area contributed by atoms with Gasteiger partial charge in [-0.25, -0.2) is 0 Å². The Morgan fingerprint density at radius 3 is 2.15 bits per heavy atom. The van der Waals surface area contributed by atoms with Crippen LogP contribution in [0.15, 0.2) is 42.5 Å². The lowest BCUT2D eigenvalue weighted by molar-refractivity contribution is 0.667. The molecule has 0 fully saturated rings. The Morgan fingerprint density at radius 2 is 1.45 bits per heavy atom. The summed E-state index contributed by atoms with van der Waals surface area (Å²) >= 11 is 0. The number of hydrogen-bond acceptors (Lipinski definition) is 0. The summed E-state index contributed by atoms with van der Waals surface area (Å²) in [5.74, 6) is 0. The SMILES string of the molecule is CCCCCCc1cc(C)cc(-c2ccc(C)cc2)c1. The topological polar surface area (TPSA) is 0 Å². The molecule has 0 heterocycles. The summed E-state index contributed by atoms with van der Waals surface area (Å²) in [6, 6.07) is 15.8.